The Morgan fingerprint density at radius 3 is 2.56 bits per heavy atom. The molecule has 0 saturated heterocycles. The molecule has 0 aromatic heterocycles. The Morgan fingerprint density at radius 2 is 1.72 bits per heavy atom. The lowest BCUT2D eigenvalue weighted by molar-refractivity contribution is 0.0746. The Labute approximate surface area is 106 Å². The first-order valence-electron chi connectivity index (χ1n) is 6.01. The highest BCUT2D eigenvalue weighted by Crippen LogP contribution is 2.22. The van der Waals surface area contributed by atoms with Crippen LogP contribution in [0.4, 0.5) is 5.69 Å². The number of anilines is 1. The summed E-state index contributed by atoms with van der Waals surface area (Å²) >= 11 is 0. The minimum absolute atomic E-state index is 0.0909. The summed E-state index contributed by atoms with van der Waals surface area (Å²) in [4.78, 5) is 14.1. The van der Waals surface area contributed by atoms with Crippen LogP contribution < -0.4 is 5.32 Å². The monoisotopic (exact) mass is 238 g/mol. The largest absolute Gasteiger partial charge is 0.367 e. The zero-order chi connectivity index (χ0) is 12.4. The van der Waals surface area contributed by atoms with Gasteiger partial charge in [0.1, 0.15) is 0 Å². The molecule has 1 N–H and O–H groups in total. The first kappa shape index (κ1) is 10.8. The van der Waals surface area contributed by atoms with Crippen molar-refractivity contribution in [3.63, 3.8) is 0 Å². The highest BCUT2D eigenvalue weighted by atomic mass is 16.2. The number of fused-ring (bicyclic) bond motifs is 1. The van der Waals surface area contributed by atoms with Crippen LogP contribution in [0.5, 0.6) is 0 Å². The maximum atomic E-state index is 12.3. The van der Waals surface area contributed by atoms with Gasteiger partial charge in [-0.2, -0.15) is 0 Å². The average molecular weight is 238 g/mol. The summed E-state index contributed by atoms with van der Waals surface area (Å²) in [5.74, 6) is 0.0909. The summed E-state index contributed by atoms with van der Waals surface area (Å²) in [6.45, 7) is 1.20. The van der Waals surface area contributed by atoms with Crippen LogP contribution in [0.15, 0.2) is 54.6 Å². The zero-order valence-corrected chi connectivity index (χ0v) is 9.97. The zero-order valence-electron chi connectivity index (χ0n) is 9.97. The molecular weight excluding hydrogens is 224 g/mol. The van der Waals surface area contributed by atoms with Crippen LogP contribution in [0.2, 0.25) is 0 Å². The Kier molecular flexibility index (Phi) is 2.73. The fourth-order valence-corrected chi connectivity index (χ4v) is 2.18. The van der Waals surface area contributed by atoms with Gasteiger partial charge in [-0.1, -0.05) is 42.5 Å². The summed E-state index contributed by atoms with van der Waals surface area (Å²) < 4.78 is 0. The van der Waals surface area contributed by atoms with Gasteiger partial charge in [0.2, 0.25) is 0 Å². The number of carbonyl (C=O) groups excluding carboxylic acids is 1. The fourth-order valence-electron chi connectivity index (χ4n) is 2.18. The van der Waals surface area contributed by atoms with Gasteiger partial charge in [0.25, 0.3) is 5.91 Å². The molecule has 0 bridgehead atoms. The topological polar surface area (TPSA) is 32.3 Å². The van der Waals surface area contributed by atoms with E-state index in [0.717, 1.165) is 16.8 Å². The molecule has 0 saturated carbocycles. The highest BCUT2D eigenvalue weighted by Gasteiger charge is 2.23. The van der Waals surface area contributed by atoms with Crippen LogP contribution in [-0.4, -0.2) is 17.5 Å². The number of benzene rings is 2. The second-order valence-electron chi connectivity index (χ2n) is 4.37. The Morgan fingerprint density at radius 1 is 1.00 bits per heavy atom. The molecule has 0 atom stereocenters. The van der Waals surface area contributed by atoms with Gasteiger partial charge in [-0.05, 0) is 17.7 Å². The lowest BCUT2D eigenvalue weighted by atomic mass is 10.1. The van der Waals surface area contributed by atoms with Gasteiger partial charge in [0.15, 0.2) is 0 Å². The molecule has 3 rings (SSSR count). The molecule has 0 fully saturated rings. The van der Waals surface area contributed by atoms with Crippen LogP contribution in [0, 0.1) is 0 Å². The Hall–Kier alpha value is -2.29. The molecule has 1 amide bonds. The van der Waals surface area contributed by atoms with Crippen molar-refractivity contribution < 1.29 is 4.79 Å². The van der Waals surface area contributed by atoms with E-state index in [1.807, 2.05) is 59.5 Å². The van der Waals surface area contributed by atoms with E-state index in [0.29, 0.717) is 13.2 Å². The summed E-state index contributed by atoms with van der Waals surface area (Å²) in [6.07, 6.45) is 0. The van der Waals surface area contributed by atoms with E-state index in [2.05, 4.69) is 5.32 Å². The van der Waals surface area contributed by atoms with Crippen LogP contribution in [0.25, 0.3) is 0 Å². The van der Waals surface area contributed by atoms with Crippen LogP contribution >= 0.6 is 0 Å². The second-order valence-corrected chi connectivity index (χ2v) is 4.37. The van der Waals surface area contributed by atoms with Crippen molar-refractivity contribution in [1.82, 2.24) is 4.90 Å². The molecule has 2 aromatic carbocycles. The number of nitrogens with one attached hydrogen (secondary N) is 1. The van der Waals surface area contributed by atoms with E-state index in [4.69, 9.17) is 0 Å². The molecule has 90 valence electrons. The maximum absolute atomic E-state index is 12.3. The summed E-state index contributed by atoms with van der Waals surface area (Å²) in [7, 11) is 0. The molecule has 0 aliphatic carbocycles. The summed E-state index contributed by atoms with van der Waals surface area (Å²) in [5.41, 5.74) is 2.82. The molecular formula is C15H14N2O. The van der Waals surface area contributed by atoms with Gasteiger partial charge in [0.05, 0.1) is 12.2 Å². The quantitative estimate of drug-likeness (QED) is 0.872. The number of amides is 1. The molecule has 0 spiro atoms. The van der Waals surface area contributed by atoms with Crippen molar-refractivity contribution in [3.05, 3.63) is 65.7 Å². The number of rotatable bonds is 2. The van der Waals surface area contributed by atoms with Gasteiger partial charge >= 0.3 is 0 Å². The van der Waals surface area contributed by atoms with Crippen molar-refractivity contribution in [2.75, 3.05) is 12.0 Å². The first-order chi connectivity index (χ1) is 8.84. The number of nitrogens with zero attached hydrogens (tertiary/aromatic N) is 1. The third-order valence-electron chi connectivity index (χ3n) is 3.12. The maximum Gasteiger partial charge on any atom is 0.257 e. The molecule has 1 aliphatic heterocycles. The number of hydrogen-bond donors (Lipinski definition) is 1. The smallest absolute Gasteiger partial charge is 0.257 e. The van der Waals surface area contributed by atoms with Gasteiger partial charge in [-0.15, -0.1) is 0 Å². The predicted octanol–water partition coefficient (Wildman–Crippen LogP) is 2.71. The SMILES string of the molecule is O=C1c2ccccc2NCN1Cc1ccccc1. The molecule has 0 radical (unpaired) electrons. The van der Waals surface area contributed by atoms with Crippen LogP contribution in [-0.2, 0) is 6.54 Å². The van der Waals surface area contributed by atoms with Crippen molar-refractivity contribution in [3.8, 4) is 0 Å². The summed E-state index contributed by atoms with van der Waals surface area (Å²) in [6, 6.07) is 17.7. The van der Waals surface area contributed by atoms with Crippen LogP contribution in [0.3, 0.4) is 0 Å². The predicted molar refractivity (Wildman–Crippen MR) is 71.2 cm³/mol. The van der Waals surface area contributed by atoms with Crippen molar-refractivity contribution in [2.45, 2.75) is 6.54 Å². The Bertz CT molecular complexity index is 566. The molecule has 0 unspecified atom stereocenters. The number of carbonyl (C=O) groups is 1. The summed E-state index contributed by atoms with van der Waals surface area (Å²) in [5, 5.41) is 3.27. The van der Waals surface area contributed by atoms with Gasteiger partial charge in [0, 0.05) is 12.2 Å². The third-order valence-corrected chi connectivity index (χ3v) is 3.12. The normalized spacial score (nSPS) is 14.0. The minimum Gasteiger partial charge on any atom is -0.367 e. The Balaban J connectivity index is 1.83. The van der Waals surface area contributed by atoms with Crippen molar-refractivity contribution in [1.29, 1.82) is 0 Å². The molecule has 3 nitrogen and oxygen atoms in total. The second kappa shape index (κ2) is 4.53. The van der Waals surface area contributed by atoms with E-state index in [1.54, 1.807) is 0 Å². The lowest BCUT2D eigenvalue weighted by Crippen LogP contribution is -2.39. The number of para-hydroxylation sites is 1. The van der Waals surface area contributed by atoms with Crippen LogP contribution in [0.1, 0.15) is 15.9 Å². The molecule has 3 heteroatoms. The fraction of sp³-hybridized carbons (Fsp3) is 0.133. The van der Waals surface area contributed by atoms with Gasteiger partial charge in [-0.25, -0.2) is 0 Å². The van der Waals surface area contributed by atoms with E-state index in [-0.39, 0.29) is 5.91 Å². The van der Waals surface area contributed by atoms with Crippen molar-refractivity contribution >= 4 is 11.6 Å². The lowest BCUT2D eigenvalue weighted by Gasteiger charge is -2.29. The minimum atomic E-state index is 0.0909. The molecule has 18 heavy (non-hydrogen) atoms. The van der Waals surface area contributed by atoms with E-state index in [1.165, 1.54) is 0 Å². The van der Waals surface area contributed by atoms with Gasteiger partial charge < -0.3 is 10.2 Å². The molecule has 1 aliphatic rings. The number of hydrogen-bond acceptors (Lipinski definition) is 2. The van der Waals surface area contributed by atoms with E-state index >= 15 is 0 Å². The standard InChI is InChI=1S/C15H14N2O/c18-15-13-8-4-5-9-14(13)16-11-17(15)10-12-6-2-1-3-7-12/h1-9,16H,10-11H2. The average Bonchev–Trinajstić information content (AvgIpc) is 2.43. The first-order valence-corrected chi connectivity index (χ1v) is 6.01. The van der Waals surface area contributed by atoms with E-state index in [9.17, 15) is 4.79 Å². The van der Waals surface area contributed by atoms with Crippen molar-refractivity contribution in [2.24, 2.45) is 0 Å². The van der Waals surface area contributed by atoms with Gasteiger partial charge in [-0.3, -0.25) is 4.79 Å². The molecule has 2 aromatic rings. The third kappa shape index (κ3) is 1.95. The van der Waals surface area contributed by atoms with E-state index < -0.39 is 0 Å². The highest BCUT2D eigenvalue weighted by molar-refractivity contribution is 6.01. The molecule has 1 heterocycles.